The molecule has 29 heavy (non-hydrogen) atoms. The van der Waals surface area contributed by atoms with Crippen LogP contribution in [-0.4, -0.2) is 25.3 Å². The molecule has 0 bridgehead atoms. The quantitative estimate of drug-likeness (QED) is 0.579. The smallest absolute Gasteiger partial charge is 0.216 e. The molecule has 0 aliphatic heterocycles. The average molecular weight is 407 g/mol. The van der Waals surface area contributed by atoms with Crippen molar-refractivity contribution in [3.63, 3.8) is 0 Å². The van der Waals surface area contributed by atoms with Crippen molar-refractivity contribution in [2.45, 2.75) is 25.3 Å². The molecular formula is C22H21N3O3S. The molecule has 0 atom stereocenters. The Morgan fingerprint density at radius 3 is 2.48 bits per heavy atom. The zero-order valence-electron chi connectivity index (χ0n) is 16.5. The van der Waals surface area contributed by atoms with Gasteiger partial charge in [-0.3, -0.25) is 4.68 Å². The van der Waals surface area contributed by atoms with Gasteiger partial charge < -0.3 is 4.74 Å². The summed E-state index contributed by atoms with van der Waals surface area (Å²) < 4.78 is 32.9. The normalized spacial score (nSPS) is 11.9. The Morgan fingerprint density at radius 2 is 1.90 bits per heavy atom. The van der Waals surface area contributed by atoms with E-state index in [0.717, 1.165) is 17.0 Å². The summed E-state index contributed by atoms with van der Waals surface area (Å²) >= 11 is 0. The lowest BCUT2D eigenvalue weighted by atomic mass is 10.1. The number of hydrogen-bond acceptors (Lipinski definition) is 5. The Balaban J connectivity index is 2.02. The van der Waals surface area contributed by atoms with Crippen molar-refractivity contribution in [2.75, 3.05) is 7.11 Å². The second-order valence-electron chi connectivity index (χ2n) is 6.59. The number of benzene rings is 2. The average Bonchev–Trinajstić information content (AvgIpc) is 3.03. The second-order valence-corrected chi connectivity index (χ2v) is 8.51. The molecule has 0 N–H and O–H groups in total. The first-order valence-corrected chi connectivity index (χ1v) is 10.4. The van der Waals surface area contributed by atoms with Crippen LogP contribution in [0.25, 0.3) is 6.08 Å². The summed E-state index contributed by atoms with van der Waals surface area (Å²) in [6.45, 7) is 4.36. The van der Waals surface area contributed by atoms with Crippen LogP contribution in [0.4, 0.5) is 0 Å². The molecule has 0 amide bonds. The summed E-state index contributed by atoms with van der Waals surface area (Å²) in [5.41, 5.74) is 3.35. The van der Waals surface area contributed by atoms with Gasteiger partial charge in [-0.15, -0.1) is 0 Å². The lowest BCUT2D eigenvalue weighted by Gasteiger charge is -2.11. The molecule has 0 spiro atoms. The standard InChI is InChI=1S/C22H21N3O3S/c1-16-11-17(2)25(24-16)15-19-12-18(9-10-22(19)28-3)13-21(14-23)29(26,27)20-7-5-4-6-8-20/h4-13H,15H2,1-3H3/b21-13+. The highest BCUT2D eigenvalue weighted by atomic mass is 32.2. The van der Waals surface area contributed by atoms with Gasteiger partial charge in [-0.05, 0) is 55.8 Å². The molecule has 1 aromatic heterocycles. The van der Waals surface area contributed by atoms with Crippen LogP contribution in [0.1, 0.15) is 22.5 Å². The van der Waals surface area contributed by atoms with E-state index in [1.54, 1.807) is 37.4 Å². The largest absolute Gasteiger partial charge is 0.496 e. The summed E-state index contributed by atoms with van der Waals surface area (Å²) in [7, 11) is -2.31. The Hall–Kier alpha value is -3.37. The highest BCUT2D eigenvalue weighted by Gasteiger charge is 2.20. The van der Waals surface area contributed by atoms with E-state index < -0.39 is 9.84 Å². The van der Waals surface area contributed by atoms with E-state index in [2.05, 4.69) is 5.10 Å². The van der Waals surface area contributed by atoms with Crippen LogP contribution in [0.5, 0.6) is 5.75 Å². The molecule has 148 valence electrons. The number of sulfone groups is 1. The van der Waals surface area contributed by atoms with Gasteiger partial charge in [-0.2, -0.15) is 10.4 Å². The fraction of sp³-hybridized carbons (Fsp3) is 0.182. The number of aromatic nitrogens is 2. The van der Waals surface area contributed by atoms with E-state index in [9.17, 15) is 13.7 Å². The minimum Gasteiger partial charge on any atom is -0.496 e. The molecule has 0 unspecified atom stereocenters. The van der Waals surface area contributed by atoms with Gasteiger partial charge in [0.2, 0.25) is 9.84 Å². The molecule has 0 radical (unpaired) electrons. The van der Waals surface area contributed by atoms with Crippen LogP contribution in [0.15, 0.2) is 64.4 Å². The monoisotopic (exact) mass is 407 g/mol. The number of rotatable bonds is 6. The molecule has 0 saturated carbocycles. The highest BCUT2D eigenvalue weighted by molar-refractivity contribution is 7.95. The number of ether oxygens (including phenoxy) is 1. The minimum absolute atomic E-state index is 0.0872. The summed E-state index contributed by atoms with van der Waals surface area (Å²) in [6.07, 6.45) is 1.38. The summed E-state index contributed by atoms with van der Waals surface area (Å²) in [4.78, 5) is -0.227. The molecule has 1 heterocycles. The van der Waals surface area contributed by atoms with Gasteiger partial charge in [0, 0.05) is 11.3 Å². The van der Waals surface area contributed by atoms with Crippen LogP contribution >= 0.6 is 0 Å². The lowest BCUT2D eigenvalue weighted by Crippen LogP contribution is -2.06. The third-order valence-electron chi connectivity index (χ3n) is 4.48. The first kappa shape index (κ1) is 20.4. The van der Waals surface area contributed by atoms with Crippen LogP contribution in [0, 0.1) is 25.2 Å². The third-order valence-corrected chi connectivity index (χ3v) is 6.16. The molecule has 0 saturated heterocycles. The van der Waals surface area contributed by atoms with Crippen molar-refractivity contribution >= 4 is 15.9 Å². The predicted octanol–water partition coefficient (Wildman–Crippen LogP) is 3.90. The van der Waals surface area contributed by atoms with E-state index in [1.165, 1.54) is 18.2 Å². The van der Waals surface area contributed by atoms with Crippen LogP contribution in [0.3, 0.4) is 0 Å². The molecule has 3 aromatic rings. The Kier molecular flexibility index (Phi) is 5.85. The predicted molar refractivity (Wildman–Crippen MR) is 111 cm³/mol. The first-order valence-electron chi connectivity index (χ1n) is 8.95. The fourth-order valence-corrected chi connectivity index (χ4v) is 4.24. The fourth-order valence-electron chi connectivity index (χ4n) is 3.06. The van der Waals surface area contributed by atoms with Gasteiger partial charge in [-0.25, -0.2) is 8.42 Å². The molecule has 6 nitrogen and oxygen atoms in total. The number of allylic oxidation sites excluding steroid dienone is 1. The highest BCUT2D eigenvalue weighted by Crippen LogP contribution is 2.25. The van der Waals surface area contributed by atoms with Gasteiger partial charge in [0.05, 0.1) is 24.2 Å². The summed E-state index contributed by atoms with van der Waals surface area (Å²) in [5, 5.41) is 14.0. The lowest BCUT2D eigenvalue weighted by molar-refractivity contribution is 0.407. The Morgan fingerprint density at radius 1 is 1.17 bits per heavy atom. The second kappa shape index (κ2) is 8.33. The van der Waals surface area contributed by atoms with E-state index in [0.29, 0.717) is 17.9 Å². The topological polar surface area (TPSA) is 85.0 Å². The zero-order chi connectivity index (χ0) is 21.0. The number of nitrogens with zero attached hydrogens (tertiary/aromatic N) is 3. The third kappa shape index (κ3) is 4.39. The van der Waals surface area contributed by atoms with Crippen molar-refractivity contribution in [3.8, 4) is 11.8 Å². The summed E-state index contributed by atoms with van der Waals surface area (Å²) in [6, 6.07) is 17.0. The van der Waals surface area contributed by atoms with Gasteiger partial charge >= 0.3 is 0 Å². The van der Waals surface area contributed by atoms with E-state index in [-0.39, 0.29) is 9.80 Å². The Bertz CT molecular complexity index is 1200. The van der Waals surface area contributed by atoms with Crippen LogP contribution in [-0.2, 0) is 16.4 Å². The van der Waals surface area contributed by atoms with Crippen molar-refractivity contribution in [3.05, 3.63) is 82.0 Å². The number of nitriles is 1. The SMILES string of the molecule is COc1ccc(/C=C(\C#N)S(=O)(=O)c2ccccc2)cc1Cn1nc(C)cc1C. The van der Waals surface area contributed by atoms with Crippen molar-refractivity contribution in [1.82, 2.24) is 9.78 Å². The summed E-state index contributed by atoms with van der Waals surface area (Å²) in [5.74, 6) is 0.666. The van der Waals surface area contributed by atoms with Crippen LogP contribution in [0.2, 0.25) is 0 Å². The van der Waals surface area contributed by atoms with Crippen molar-refractivity contribution in [1.29, 1.82) is 5.26 Å². The maximum absolute atomic E-state index is 12.8. The number of hydrogen-bond donors (Lipinski definition) is 0. The minimum atomic E-state index is -3.89. The zero-order valence-corrected chi connectivity index (χ0v) is 17.3. The van der Waals surface area contributed by atoms with E-state index in [4.69, 9.17) is 4.74 Å². The number of methoxy groups -OCH3 is 1. The molecule has 0 aliphatic rings. The molecule has 3 rings (SSSR count). The Labute approximate surface area is 170 Å². The van der Waals surface area contributed by atoms with Crippen LogP contribution < -0.4 is 4.74 Å². The van der Waals surface area contributed by atoms with Gasteiger partial charge in [0.25, 0.3) is 0 Å². The maximum Gasteiger partial charge on any atom is 0.216 e. The van der Waals surface area contributed by atoms with Gasteiger partial charge in [-0.1, -0.05) is 24.3 Å². The molecule has 0 aliphatic carbocycles. The van der Waals surface area contributed by atoms with Crippen molar-refractivity contribution < 1.29 is 13.2 Å². The van der Waals surface area contributed by atoms with E-state index in [1.807, 2.05) is 36.7 Å². The molecule has 7 heteroatoms. The van der Waals surface area contributed by atoms with Gasteiger partial charge in [0.15, 0.2) is 0 Å². The molecule has 2 aromatic carbocycles. The number of aryl methyl sites for hydroxylation is 2. The first-order chi connectivity index (χ1) is 13.8. The van der Waals surface area contributed by atoms with Crippen molar-refractivity contribution in [2.24, 2.45) is 0 Å². The molecule has 0 fully saturated rings. The van der Waals surface area contributed by atoms with E-state index >= 15 is 0 Å². The maximum atomic E-state index is 12.8. The van der Waals surface area contributed by atoms with Gasteiger partial charge in [0.1, 0.15) is 16.7 Å². The molecular weight excluding hydrogens is 386 g/mol.